The summed E-state index contributed by atoms with van der Waals surface area (Å²) >= 11 is 0. The van der Waals surface area contributed by atoms with Crippen molar-refractivity contribution in [1.82, 2.24) is 19.7 Å². The fraction of sp³-hybridized carbons (Fsp3) is 0.438. The molecule has 3 aromatic rings. The molecule has 8 heteroatoms. The molecule has 8 nitrogen and oxygen atoms in total. The van der Waals surface area contributed by atoms with Crippen LogP contribution in [0.1, 0.15) is 49.3 Å². The van der Waals surface area contributed by atoms with E-state index in [2.05, 4.69) is 59.0 Å². The molecule has 2 saturated heterocycles. The molecule has 4 heterocycles. The van der Waals surface area contributed by atoms with E-state index >= 15 is 0 Å². The van der Waals surface area contributed by atoms with E-state index in [1.807, 2.05) is 23.2 Å². The molecular weight excluding hydrogens is 504 g/mol. The number of urea groups is 1. The van der Waals surface area contributed by atoms with Crippen LogP contribution in [0.2, 0.25) is 0 Å². The summed E-state index contributed by atoms with van der Waals surface area (Å²) in [6, 6.07) is 12.6. The number of amides is 2. The molecule has 0 radical (unpaired) electrons. The Hall–Kier alpha value is -3.78. The number of piperidine rings is 1. The maximum absolute atomic E-state index is 14.0. The van der Waals surface area contributed by atoms with Gasteiger partial charge in [-0.05, 0) is 43.0 Å². The van der Waals surface area contributed by atoms with E-state index in [4.69, 9.17) is 14.2 Å². The molecule has 0 aliphatic carbocycles. The predicted molar refractivity (Wildman–Crippen MR) is 155 cm³/mol. The number of methoxy groups -OCH3 is 3. The monoisotopic (exact) mass is 542 g/mol. The van der Waals surface area contributed by atoms with E-state index in [0.717, 1.165) is 54.8 Å². The van der Waals surface area contributed by atoms with Crippen LogP contribution in [0.3, 0.4) is 0 Å². The van der Waals surface area contributed by atoms with Crippen LogP contribution in [0.25, 0.3) is 10.9 Å². The van der Waals surface area contributed by atoms with Crippen molar-refractivity contribution in [1.29, 1.82) is 0 Å². The molecule has 3 aliphatic rings. The van der Waals surface area contributed by atoms with Crippen molar-refractivity contribution in [3.8, 4) is 17.2 Å². The highest BCUT2D eigenvalue weighted by molar-refractivity contribution is 5.83. The summed E-state index contributed by atoms with van der Waals surface area (Å²) in [6.07, 6.45) is 5.94. The second-order valence-corrected chi connectivity index (χ2v) is 11.0. The molecular formula is C32H38N4O4. The summed E-state index contributed by atoms with van der Waals surface area (Å²) in [4.78, 5) is 25.2. The summed E-state index contributed by atoms with van der Waals surface area (Å²) in [7, 11) is 4.92. The van der Waals surface area contributed by atoms with Crippen LogP contribution in [-0.2, 0) is 13.1 Å². The number of aromatic nitrogens is 1. The smallest absolute Gasteiger partial charge is 0.325 e. The maximum Gasteiger partial charge on any atom is 0.325 e. The molecule has 0 bridgehead atoms. The van der Waals surface area contributed by atoms with Crippen LogP contribution in [0, 0.1) is 0 Å². The SMILES string of the molecule is CCN1C(=O)N2Cc3cc(OC)c(OC)c(OC)c3C(C)C=C2C12CCN(Cc1cccc3cccnc13)CC2. The van der Waals surface area contributed by atoms with Gasteiger partial charge in [-0.1, -0.05) is 37.3 Å². The number of hydrogen-bond donors (Lipinski definition) is 0. The summed E-state index contributed by atoms with van der Waals surface area (Å²) in [5.41, 5.74) is 5.19. The second kappa shape index (κ2) is 10.3. The summed E-state index contributed by atoms with van der Waals surface area (Å²) < 4.78 is 17.2. The average molecular weight is 543 g/mol. The van der Waals surface area contributed by atoms with Gasteiger partial charge in [0.25, 0.3) is 0 Å². The number of likely N-dealkylation sites (tertiary alicyclic amines) is 1. The molecule has 0 saturated carbocycles. The van der Waals surface area contributed by atoms with Gasteiger partial charge in [-0.3, -0.25) is 14.8 Å². The fourth-order valence-electron chi connectivity index (χ4n) is 7.15. The number of rotatable bonds is 6. The molecule has 1 atom stereocenters. The summed E-state index contributed by atoms with van der Waals surface area (Å²) in [5, 5.41) is 1.17. The molecule has 2 fully saturated rings. The lowest BCUT2D eigenvalue weighted by atomic mass is 9.82. The number of carbonyl (C=O) groups excluding carboxylic acids is 1. The van der Waals surface area contributed by atoms with Gasteiger partial charge in [0.15, 0.2) is 11.5 Å². The van der Waals surface area contributed by atoms with Crippen LogP contribution in [0.15, 0.2) is 54.4 Å². The van der Waals surface area contributed by atoms with Crippen LogP contribution in [-0.4, -0.2) is 72.2 Å². The van der Waals surface area contributed by atoms with Gasteiger partial charge in [0.05, 0.1) is 38.9 Å². The average Bonchev–Trinajstić information content (AvgIpc) is 3.08. The standard InChI is InChI=1S/C32H38N4O4/c1-6-36-31(37)35-20-24-18-25(38-3)29(39-4)30(40-5)27(24)21(2)17-26(35)32(36)12-15-34(16-13-32)19-23-10-7-9-22-11-8-14-33-28(22)23/h7-11,14,17-18,21H,6,12-13,15-16,19-20H2,1-5H3. The van der Waals surface area contributed by atoms with Crippen molar-refractivity contribution < 1.29 is 19.0 Å². The zero-order valence-electron chi connectivity index (χ0n) is 24.1. The first-order chi connectivity index (χ1) is 19.4. The van der Waals surface area contributed by atoms with Crippen molar-refractivity contribution in [2.45, 2.75) is 51.2 Å². The second-order valence-electron chi connectivity index (χ2n) is 11.0. The molecule has 40 heavy (non-hydrogen) atoms. The molecule has 1 spiro atoms. The van der Waals surface area contributed by atoms with Crippen molar-refractivity contribution in [3.05, 3.63) is 71.1 Å². The lowest BCUT2D eigenvalue weighted by Crippen LogP contribution is -2.53. The number of fused-ring (bicyclic) bond motifs is 4. The Morgan fingerprint density at radius 3 is 2.48 bits per heavy atom. The van der Waals surface area contributed by atoms with Gasteiger partial charge in [-0.15, -0.1) is 0 Å². The van der Waals surface area contributed by atoms with E-state index in [1.54, 1.807) is 21.3 Å². The molecule has 2 aromatic carbocycles. The van der Waals surface area contributed by atoms with E-state index < -0.39 is 0 Å². The van der Waals surface area contributed by atoms with E-state index in [9.17, 15) is 4.79 Å². The number of ether oxygens (including phenoxy) is 3. The molecule has 3 aliphatic heterocycles. The lowest BCUT2D eigenvalue weighted by Gasteiger charge is -2.44. The van der Waals surface area contributed by atoms with Gasteiger partial charge in [0, 0.05) is 54.9 Å². The highest BCUT2D eigenvalue weighted by Gasteiger charge is 2.55. The van der Waals surface area contributed by atoms with E-state index in [-0.39, 0.29) is 17.5 Å². The quantitative estimate of drug-likeness (QED) is 0.407. The third-order valence-electron chi connectivity index (χ3n) is 9.00. The third kappa shape index (κ3) is 4.00. The number of benzene rings is 2. The zero-order valence-corrected chi connectivity index (χ0v) is 24.1. The van der Waals surface area contributed by atoms with E-state index in [1.165, 1.54) is 10.9 Å². The van der Waals surface area contributed by atoms with Gasteiger partial charge >= 0.3 is 6.03 Å². The van der Waals surface area contributed by atoms with Crippen molar-refractivity contribution >= 4 is 16.9 Å². The maximum atomic E-state index is 14.0. The molecule has 6 rings (SSSR count). The number of para-hydroxylation sites is 1. The van der Waals surface area contributed by atoms with E-state index in [0.29, 0.717) is 30.3 Å². The molecule has 210 valence electrons. The van der Waals surface area contributed by atoms with Crippen molar-refractivity contribution in [2.24, 2.45) is 0 Å². The first kappa shape index (κ1) is 26.4. The highest BCUT2D eigenvalue weighted by atomic mass is 16.5. The number of carbonyl (C=O) groups is 1. The third-order valence-corrected chi connectivity index (χ3v) is 9.00. The number of hydrogen-bond acceptors (Lipinski definition) is 6. The minimum absolute atomic E-state index is 0.0334. The Morgan fingerprint density at radius 2 is 1.77 bits per heavy atom. The van der Waals surface area contributed by atoms with Crippen LogP contribution >= 0.6 is 0 Å². The minimum atomic E-state index is -0.322. The molecule has 0 N–H and O–H groups in total. The highest BCUT2D eigenvalue weighted by Crippen LogP contribution is 2.51. The number of likely N-dealkylation sites (N-methyl/N-ethyl adjacent to an activating group) is 1. The first-order valence-corrected chi connectivity index (χ1v) is 14.1. The van der Waals surface area contributed by atoms with Crippen LogP contribution in [0.4, 0.5) is 4.79 Å². The van der Waals surface area contributed by atoms with Gasteiger partial charge in [-0.25, -0.2) is 4.79 Å². The Bertz CT molecular complexity index is 1470. The van der Waals surface area contributed by atoms with Gasteiger partial charge in [0.2, 0.25) is 5.75 Å². The Labute approximate surface area is 236 Å². The van der Waals surface area contributed by atoms with Crippen LogP contribution in [0.5, 0.6) is 17.2 Å². The van der Waals surface area contributed by atoms with Crippen molar-refractivity contribution in [2.75, 3.05) is 41.0 Å². The largest absolute Gasteiger partial charge is 0.493 e. The number of allylic oxidation sites excluding steroid dienone is 1. The van der Waals surface area contributed by atoms with Crippen molar-refractivity contribution in [3.63, 3.8) is 0 Å². The zero-order chi connectivity index (χ0) is 28.0. The topological polar surface area (TPSA) is 67.4 Å². The van der Waals surface area contributed by atoms with Gasteiger partial charge in [-0.2, -0.15) is 0 Å². The Morgan fingerprint density at radius 1 is 1.02 bits per heavy atom. The number of nitrogens with zero attached hydrogens (tertiary/aromatic N) is 4. The predicted octanol–water partition coefficient (Wildman–Crippen LogP) is 5.55. The molecule has 1 aromatic heterocycles. The molecule has 2 amide bonds. The van der Waals surface area contributed by atoms with Gasteiger partial charge in [0.1, 0.15) is 0 Å². The summed E-state index contributed by atoms with van der Waals surface area (Å²) in [6.45, 7) is 8.09. The minimum Gasteiger partial charge on any atom is -0.493 e. The van der Waals surface area contributed by atoms with Crippen LogP contribution < -0.4 is 14.2 Å². The normalized spacial score (nSPS) is 20.3. The fourth-order valence-corrected chi connectivity index (χ4v) is 7.15. The summed E-state index contributed by atoms with van der Waals surface area (Å²) in [5.74, 6) is 1.91. The molecule has 1 unspecified atom stereocenters. The first-order valence-electron chi connectivity index (χ1n) is 14.1. The lowest BCUT2D eigenvalue weighted by molar-refractivity contribution is 0.0890. The van der Waals surface area contributed by atoms with Gasteiger partial charge < -0.3 is 19.1 Å². The number of pyridine rings is 1. The Kier molecular flexibility index (Phi) is 6.82. The Balaban J connectivity index is 1.33.